The number of ether oxygens (including phenoxy) is 2. The number of fused-ring (bicyclic) bond motifs is 1. The van der Waals surface area contributed by atoms with Gasteiger partial charge < -0.3 is 14.4 Å². The van der Waals surface area contributed by atoms with Crippen molar-refractivity contribution in [3.63, 3.8) is 0 Å². The minimum atomic E-state index is -0.346. The van der Waals surface area contributed by atoms with Gasteiger partial charge in [-0.3, -0.25) is 4.79 Å². The number of piperidine rings is 1. The number of rotatable bonds is 3. The van der Waals surface area contributed by atoms with Crippen molar-refractivity contribution >= 4 is 18.5 Å². The maximum atomic E-state index is 13.3. The van der Waals surface area contributed by atoms with E-state index < -0.39 is 0 Å². The van der Waals surface area contributed by atoms with Crippen LogP contribution in [0.4, 0.5) is 0 Å². The van der Waals surface area contributed by atoms with Gasteiger partial charge in [-0.2, -0.15) is 0 Å². The van der Waals surface area contributed by atoms with E-state index in [0.29, 0.717) is 5.92 Å². The lowest BCUT2D eigenvalue weighted by Gasteiger charge is -2.35. The van der Waals surface area contributed by atoms with Gasteiger partial charge in [-0.05, 0) is 67.0 Å². The first kappa shape index (κ1) is 17.0. The van der Waals surface area contributed by atoms with E-state index in [9.17, 15) is 4.79 Å². The third kappa shape index (κ3) is 2.98. The van der Waals surface area contributed by atoms with E-state index in [1.807, 2.05) is 18.2 Å². The van der Waals surface area contributed by atoms with Crippen LogP contribution in [0.3, 0.4) is 0 Å². The van der Waals surface area contributed by atoms with Gasteiger partial charge in [0.15, 0.2) is 11.5 Å². The van der Waals surface area contributed by atoms with Crippen LogP contribution in [0.1, 0.15) is 42.7 Å². The molecule has 0 unspecified atom stereocenters. The molecule has 0 atom stereocenters. The molecular formula is C22H23NO3S. The summed E-state index contributed by atoms with van der Waals surface area (Å²) in [5.74, 6) is 2.35. The van der Waals surface area contributed by atoms with E-state index in [0.717, 1.165) is 60.7 Å². The summed E-state index contributed by atoms with van der Waals surface area (Å²) in [5, 5.41) is 0. The summed E-state index contributed by atoms with van der Waals surface area (Å²) >= 11 is 4.36. The number of nitrogens with zero attached hydrogens (tertiary/aromatic N) is 1. The molecule has 27 heavy (non-hydrogen) atoms. The molecule has 1 saturated carbocycles. The fourth-order valence-corrected chi connectivity index (χ4v) is 4.56. The molecule has 0 aromatic heterocycles. The Bertz CT molecular complexity index is 868. The number of amides is 1. The first-order valence-electron chi connectivity index (χ1n) is 9.64. The summed E-state index contributed by atoms with van der Waals surface area (Å²) in [7, 11) is 0. The molecule has 2 heterocycles. The van der Waals surface area contributed by atoms with Crippen LogP contribution in [0.5, 0.6) is 11.5 Å². The summed E-state index contributed by atoms with van der Waals surface area (Å²) in [5.41, 5.74) is 2.08. The van der Waals surface area contributed by atoms with Crippen molar-refractivity contribution in [2.24, 2.45) is 0 Å². The molecule has 1 saturated heterocycles. The number of likely N-dealkylation sites (tertiary alicyclic amines) is 1. The van der Waals surface area contributed by atoms with Crippen LogP contribution in [0.25, 0.3) is 0 Å². The molecule has 2 aromatic carbocycles. The van der Waals surface area contributed by atoms with Gasteiger partial charge in [0, 0.05) is 18.0 Å². The largest absolute Gasteiger partial charge is 0.454 e. The molecule has 1 aliphatic carbocycles. The summed E-state index contributed by atoms with van der Waals surface area (Å²) in [6, 6.07) is 14.4. The van der Waals surface area contributed by atoms with E-state index in [1.54, 1.807) is 0 Å². The topological polar surface area (TPSA) is 38.8 Å². The van der Waals surface area contributed by atoms with Gasteiger partial charge in [0.05, 0.1) is 5.41 Å². The number of hydrogen-bond donors (Lipinski definition) is 1. The van der Waals surface area contributed by atoms with Crippen molar-refractivity contribution < 1.29 is 14.3 Å². The van der Waals surface area contributed by atoms with Crippen molar-refractivity contribution in [3.8, 4) is 11.5 Å². The number of carbonyl (C=O) groups excluding carboxylic acids is 1. The highest BCUT2D eigenvalue weighted by molar-refractivity contribution is 7.80. The zero-order valence-corrected chi connectivity index (χ0v) is 16.1. The monoisotopic (exact) mass is 381 g/mol. The van der Waals surface area contributed by atoms with E-state index in [4.69, 9.17) is 9.47 Å². The van der Waals surface area contributed by atoms with Crippen molar-refractivity contribution in [1.29, 1.82) is 0 Å². The third-order valence-corrected chi connectivity index (χ3v) is 6.53. The molecule has 5 heteroatoms. The Morgan fingerprint density at radius 3 is 2.41 bits per heavy atom. The quantitative estimate of drug-likeness (QED) is 0.812. The molecule has 3 aliphatic rings. The van der Waals surface area contributed by atoms with E-state index in [1.165, 1.54) is 5.56 Å². The Morgan fingerprint density at radius 1 is 1.00 bits per heavy atom. The molecule has 1 amide bonds. The Balaban J connectivity index is 1.28. The van der Waals surface area contributed by atoms with E-state index in [2.05, 4.69) is 41.8 Å². The highest BCUT2D eigenvalue weighted by Gasteiger charge is 2.53. The van der Waals surface area contributed by atoms with Gasteiger partial charge >= 0.3 is 0 Å². The summed E-state index contributed by atoms with van der Waals surface area (Å²) < 4.78 is 10.9. The normalized spacial score (nSPS) is 20.6. The van der Waals surface area contributed by atoms with Gasteiger partial charge in [0.2, 0.25) is 12.7 Å². The molecule has 140 valence electrons. The maximum absolute atomic E-state index is 13.3. The lowest BCUT2D eigenvalue weighted by molar-refractivity contribution is -0.135. The summed E-state index contributed by atoms with van der Waals surface area (Å²) in [4.78, 5) is 16.4. The van der Waals surface area contributed by atoms with Crippen molar-refractivity contribution in [2.75, 3.05) is 19.9 Å². The Kier molecular flexibility index (Phi) is 4.08. The SMILES string of the molecule is O=C(N1CCC(c2ccc(S)cc2)CC1)C1(c2ccc3c(c2)OCO3)CC1. The lowest BCUT2D eigenvalue weighted by atomic mass is 9.87. The molecule has 0 spiro atoms. The van der Waals surface area contributed by atoms with Gasteiger partial charge in [0.25, 0.3) is 0 Å². The van der Waals surface area contributed by atoms with Crippen LogP contribution in [0, 0.1) is 0 Å². The molecule has 2 fully saturated rings. The fraction of sp³-hybridized carbons (Fsp3) is 0.409. The zero-order chi connectivity index (χ0) is 18.4. The van der Waals surface area contributed by atoms with Gasteiger partial charge in [-0.1, -0.05) is 18.2 Å². The number of thiol groups is 1. The number of hydrogen-bond acceptors (Lipinski definition) is 4. The minimum Gasteiger partial charge on any atom is -0.454 e. The average molecular weight is 381 g/mol. The van der Waals surface area contributed by atoms with E-state index >= 15 is 0 Å². The highest BCUT2D eigenvalue weighted by Crippen LogP contribution is 2.52. The smallest absolute Gasteiger partial charge is 0.233 e. The van der Waals surface area contributed by atoms with Gasteiger partial charge in [0.1, 0.15) is 0 Å². The molecule has 0 bridgehead atoms. The first-order valence-corrected chi connectivity index (χ1v) is 10.1. The Hall–Kier alpha value is -2.14. The second-order valence-corrected chi connectivity index (χ2v) is 8.32. The molecule has 2 aliphatic heterocycles. The fourth-order valence-electron chi connectivity index (χ4n) is 4.41. The number of benzene rings is 2. The van der Waals surface area contributed by atoms with Crippen LogP contribution >= 0.6 is 12.6 Å². The molecule has 2 aromatic rings. The second kappa shape index (κ2) is 6.48. The van der Waals surface area contributed by atoms with Crippen molar-refractivity contribution in [1.82, 2.24) is 4.90 Å². The second-order valence-electron chi connectivity index (χ2n) is 7.81. The standard InChI is InChI=1S/C22H23NO3S/c24-21(22(9-10-22)17-3-6-19-20(13-17)26-14-25-19)23-11-7-16(8-12-23)15-1-4-18(27)5-2-15/h1-6,13,16,27H,7-12,14H2. The summed E-state index contributed by atoms with van der Waals surface area (Å²) in [6.07, 6.45) is 3.90. The Labute approximate surface area is 164 Å². The van der Waals surface area contributed by atoms with Gasteiger partial charge in [-0.15, -0.1) is 12.6 Å². The molecule has 5 rings (SSSR count). The molecule has 4 nitrogen and oxygen atoms in total. The van der Waals surface area contributed by atoms with E-state index in [-0.39, 0.29) is 18.1 Å². The highest BCUT2D eigenvalue weighted by atomic mass is 32.1. The molecule has 0 N–H and O–H groups in total. The molecule has 0 radical (unpaired) electrons. The van der Waals surface area contributed by atoms with Crippen LogP contribution in [-0.2, 0) is 10.2 Å². The summed E-state index contributed by atoms with van der Waals surface area (Å²) in [6.45, 7) is 1.93. The van der Waals surface area contributed by atoms with Crippen LogP contribution in [-0.4, -0.2) is 30.7 Å². The molecular weight excluding hydrogens is 358 g/mol. The van der Waals surface area contributed by atoms with Gasteiger partial charge in [-0.25, -0.2) is 0 Å². The predicted octanol–water partition coefficient (Wildman–Crippen LogP) is 4.14. The third-order valence-electron chi connectivity index (χ3n) is 6.23. The van der Waals surface area contributed by atoms with Crippen LogP contribution in [0.15, 0.2) is 47.4 Å². The predicted molar refractivity (Wildman–Crippen MR) is 106 cm³/mol. The Morgan fingerprint density at radius 2 is 1.70 bits per heavy atom. The maximum Gasteiger partial charge on any atom is 0.233 e. The average Bonchev–Trinajstić information content (AvgIpc) is 3.39. The first-order chi connectivity index (χ1) is 13.2. The van der Waals surface area contributed by atoms with Crippen molar-refractivity contribution in [3.05, 3.63) is 53.6 Å². The van der Waals surface area contributed by atoms with Crippen LogP contribution in [0.2, 0.25) is 0 Å². The van der Waals surface area contributed by atoms with Crippen molar-refractivity contribution in [2.45, 2.75) is 41.9 Å². The lowest BCUT2D eigenvalue weighted by Crippen LogP contribution is -2.43. The number of carbonyl (C=O) groups is 1. The zero-order valence-electron chi connectivity index (χ0n) is 15.2. The van der Waals surface area contributed by atoms with Crippen LogP contribution < -0.4 is 9.47 Å². The minimum absolute atomic E-state index is 0.265.